The van der Waals surface area contributed by atoms with Crippen LogP contribution in [0.3, 0.4) is 0 Å². The Balaban J connectivity index is 3.58. The van der Waals surface area contributed by atoms with Gasteiger partial charge in [-0.2, -0.15) is 0 Å². The number of nitrogens with one attached hydrogen (secondary N) is 1. The van der Waals surface area contributed by atoms with Gasteiger partial charge in [0, 0.05) is 19.4 Å². The van der Waals surface area contributed by atoms with Gasteiger partial charge in [0.25, 0.3) is 0 Å². The average molecular weight is 786 g/mol. The third kappa shape index (κ3) is 41.6. The van der Waals surface area contributed by atoms with Crippen LogP contribution in [0.25, 0.3) is 0 Å². The van der Waals surface area contributed by atoms with Crippen molar-refractivity contribution >= 4 is 19.7 Å². The Morgan fingerprint density at radius 2 is 1.00 bits per heavy atom. The first-order chi connectivity index (χ1) is 26.3. The number of unbranched alkanes of at least 4 members (excludes halogenated alkanes) is 25. The molecule has 0 aliphatic carbocycles. The van der Waals surface area contributed by atoms with E-state index in [4.69, 9.17) is 13.8 Å². The molecule has 0 bridgehead atoms. The fourth-order valence-electron chi connectivity index (χ4n) is 6.23. The van der Waals surface area contributed by atoms with Crippen LogP contribution in [0.2, 0.25) is 0 Å². The number of carbonyl (C=O) groups is 2. The fraction of sp³-hybridized carbons (Fsp3) is 0.864. The minimum Gasteiger partial charge on any atom is -0.463 e. The number of amides is 1. The summed E-state index contributed by atoms with van der Waals surface area (Å²) in [5, 5.41) is 12.7. The predicted molar refractivity (Wildman–Crippen MR) is 224 cm³/mol. The zero-order valence-corrected chi connectivity index (χ0v) is 35.8. The Labute approximate surface area is 331 Å². The SMILES string of the molecule is CCCCC/C=C\C/C=C\CCCCCCCCCC(=O)OCC(O)COP(=O)(O)OCCNC(=O)CCCCCCCCCCCCCCCCCC. The maximum atomic E-state index is 12.1. The molecule has 0 aromatic carbocycles. The number of hydrogen-bond acceptors (Lipinski definition) is 7. The molecule has 1 amide bonds. The summed E-state index contributed by atoms with van der Waals surface area (Å²) in [6.07, 6.45) is 43.9. The highest BCUT2D eigenvalue weighted by atomic mass is 31.2. The standard InChI is InChI=1S/C44H84NO8P/c1-3-5-7-9-11-13-15-17-19-21-23-25-27-29-31-33-35-37-44(48)51-40-42(46)41-53-54(49,50)52-39-38-45-43(47)36-34-32-30-28-26-24-22-20-18-16-14-12-10-8-6-4-2/h11,13,17,19,42,46H,3-10,12,14-16,18,20-41H2,1-2H3,(H,45,47)(H,49,50)/b13-11-,19-17-. The zero-order chi connectivity index (χ0) is 39.6. The van der Waals surface area contributed by atoms with Gasteiger partial charge >= 0.3 is 13.8 Å². The van der Waals surface area contributed by atoms with E-state index in [9.17, 15) is 24.2 Å². The Morgan fingerprint density at radius 1 is 0.574 bits per heavy atom. The van der Waals surface area contributed by atoms with Crippen molar-refractivity contribution in [3.63, 3.8) is 0 Å². The number of phosphoric acid groups is 1. The number of hydrogen-bond donors (Lipinski definition) is 3. The summed E-state index contributed by atoms with van der Waals surface area (Å²) < 4.78 is 26.9. The second-order valence-electron chi connectivity index (χ2n) is 15.0. The molecule has 0 rings (SSSR count). The van der Waals surface area contributed by atoms with Gasteiger partial charge < -0.3 is 20.1 Å². The lowest BCUT2D eigenvalue weighted by Crippen LogP contribution is -2.27. The average Bonchev–Trinajstić information content (AvgIpc) is 3.16. The largest absolute Gasteiger partial charge is 0.472 e. The van der Waals surface area contributed by atoms with E-state index in [0.717, 1.165) is 57.8 Å². The van der Waals surface area contributed by atoms with Crippen molar-refractivity contribution in [2.45, 2.75) is 219 Å². The van der Waals surface area contributed by atoms with Crippen molar-refractivity contribution in [1.29, 1.82) is 0 Å². The number of allylic oxidation sites excluding steroid dienone is 4. The summed E-state index contributed by atoms with van der Waals surface area (Å²) in [7, 11) is -4.41. The predicted octanol–water partition coefficient (Wildman–Crippen LogP) is 12.4. The minimum absolute atomic E-state index is 0.0843. The summed E-state index contributed by atoms with van der Waals surface area (Å²) in [4.78, 5) is 33.9. The number of rotatable bonds is 42. The van der Waals surface area contributed by atoms with Gasteiger partial charge in [0.1, 0.15) is 12.7 Å². The maximum Gasteiger partial charge on any atom is 0.472 e. The Kier molecular flexibility index (Phi) is 40.0. The van der Waals surface area contributed by atoms with Crippen LogP contribution < -0.4 is 5.32 Å². The first-order valence-corrected chi connectivity index (χ1v) is 23.8. The van der Waals surface area contributed by atoms with Crippen LogP contribution >= 0.6 is 7.82 Å². The summed E-state index contributed by atoms with van der Waals surface area (Å²) in [5.74, 6) is -0.517. The van der Waals surface area contributed by atoms with E-state index in [2.05, 4.69) is 43.5 Å². The van der Waals surface area contributed by atoms with E-state index in [0.29, 0.717) is 6.42 Å². The molecule has 10 heteroatoms. The van der Waals surface area contributed by atoms with Gasteiger partial charge in [-0.15, -0.1) is 0 Å². The smallest absolute Gasteiger partial charge is 0.463 e. The van der Waals surface area contributed by atoms with Crippen molar-refractivity contribution in [1.82, 2.24) is 5.32 Å². The van der Waals surface area contributed by atoms with Crippen molar-refractivity contribution in [2.24, 2.45) is 0 Å². The molecule has 0 fully saturated rings. The van der Waals surface area contributed by atoms with Gasteiger partial charge in [-0.05, 0) is 44.9 Å². The van der Waals surface area contributed by atoms with Gasteiger partial charge in [0.15, 0.2) is 0 Å². The Hall–Kier alpha value is -1.51. The summed E-state index contributed by atoms with van der Waals surface area (Å²) >= 11 is 0. The van der Waals surface area contributed by atoms with Gasteiger partial charge in [0.2, 0.25) is 5.91 Å². The number of aliphatic hydroxyl groups excluding tert-OH is 1. The van der Waals surface area contributed by atoms with Crippen molar-refractivity contribution in [3.05, 3.63) is 24.3 Å². The van der Waals surface area contributed by atoms with Crippen molar-refractivity contribution < 1.29 is 37.9 Å². The molecule has 0 aromatic heterocycles. The lowest BCUT2D eigenvalue weighted by atomic mass is 10.0. The van der Waals surface area contributed by atoms with Crippen LogP contribution in [0.15, 0.2) is 24.3 Å². The number of carbonyl (C=O) groups excluding carboxylic acids is 2. The molecule has 2 unspecified atom stereocenters. The van der Waals surface area contributed by atoms with E-state index >= 15 is 0 Å². The molecule has 0 aliphatic heterocycles. The van der Waals surface area contributed by atoms with Crippen molar-refractivity contribution in [3.8, 4) is 0 Å². The van der Waals surface area contributed by atoms with Gasteiger partial charge in [0.05, 0.1) is 13.2 Å². The first-order valence-electron chi connectivity index (χ1n) is 22.3. The highest BCUT2D eigenvalue weighted by molar-refractivity contribution is 7.47. The molecule has 3 N–H and O–H groups in total. The molecule has 9 nitrogen and oxygen atoms in total. The molecule has 0 saturated carbocycles. The molecule has 0 aliphatic rings. The van der Waals surface area contributed by atoms with Gasteiger partial charge in [-0.25, -0.2) is 4.57 Å². The van der Waals surface area contributed by atoms with E-state index in [1.165, 1.54) is 128 Å². The molecule has 54 heavy (non-hydrogen) atoms. The molecule has 0 spiro atoms. The van der Waals surface area contributed by atoms with Crippen LogP contribution in [0.1, 0.15) is 213 Å². The highest BCUT2D eigenvalue weighted by Crippen LogP contribution is 2.42. The monoisotopic (exact) mass is 786 g/mol. The first kappa shape index (κ1) is 52.5. The summed E-state index contributed by atoms with van der Waals surface area (Å²) in [5.41, 5.74) is 0. The minimum atomic E-state index is -4.41. The zero-order valence-electron chi connectivity index (χ0n) is 34.9. The maximum absolute atomic E-state index is 12.1. The lowest BCUT2D eigenvalue weighted by molar-refractivity contribution is -0.147. The molecule has 0 aromatic rings. The molecule has 2 atom stereocenters. The molecular formula is C44H84NO8P. The topological polar surface area (TPSA) is 131 Å². The van der Waals surface area contributed by atoms with Crippen LogP contribution in [0.5, 0.6) is 0 Å². The van der Waals surface area contributed by atoms with E-state index < -0.39 is 26.5 Å². The fourth-order valence-corrected chi connectivity index (χ4v) is 6.99. The second-order valence-corrected chi connectivity index (χ2v) is 16.5. The second kappa shape index (κ2) is 41.1. The number of phosphoric ester groups is 1. The highest BCUT2D eigenvalue weighted by Gasteiger charge is 2.23. The summed E-state index contributed by atoms with van der Waals surface area (Å²) in [6, 6.07) is 0. The Bertz CT molecular complexity index is 944. The summed E-state index contributed by atoms with van der Waals surface area (Å²) in [6.45, 7) is 3.54. The number of aliphatic hydroxyl groups is 1. The van der Waals surface area contributed by atoms with Gasteiger partial charge in [-0.1, -0.05) is 179 Å². The van der Waals surface area contributed by atoms with Crippen LogP contribution in [0.4, 0.5) is 0 Å². The van der Waals surface area contributed by atoms with E-state index in [-0.39, 0.29) is 32.1 Å². The van der Waals surface area contributed by atoms with Crippen LogP contribution in [-0.2, 0) is 27.9 Å². The third-order valence-corrected chi connectivity index (χ3v) is 10.6. The molecule has 0 heterocycles. The third-order valence-electron chi connectivity index (χ3n) is 9.63. The molecule has 318 valence electrons. The normalized spacial score (nSPS) is 13.5. The molecular weight excluding hydrogens is 701 g/mol. The van der Waals surface area contributed by atoms with Gasteiger partial charge in [-0.3, -0.25) is 18.6 Å². The van der Waals surface area contributed by atoms with Crippen molar-refractivity contribution in [2.75, 3.05) is 26.4 Å². The molecule has 0 radical (unpaired) electrons. The van der Waals surface area contributed by atoms with Crippen LogP contribution in [0, 0.1) is 0 Å². The van der Waals surface area contributed by atoms with Crippen LogP contribution in [-0.4, -0.2) is 54.3 Å². The number of ether oxygens (including phenoxy) is 1. The lowest BCUT2D eigenvalue weighted by Gasteiger charge is -2.15. The van der Waals surface area contributed by atoms with E-state index in [1.807, 2.05) is 0 Å². The molecule has 0 saturated heterocycles. The Morgan fingerprint density at radius 3 is 1.52 bits per heavy atom. The quantitative estimate of drug-likeness (QED) is 0.0241. The number of esters is 1. The van der Waals surface area contributed by atoms with E-state index in [1.54, 1.807) is 0 Å².